The van der Waals surface area contributed by atoms with E-state index >= 15 is 0 Å². The van der Waals surface area contributed by atoms with Gasteiger partial charge in [-0.3, -0.25) is 0 Å². The van der Waals surface area contributed by atoms with E-state index < -0.39 is 16.0 Å². The molecule has 0 unspecified atom stereocenters. The largest absolute Gasteiger partial charge is 0.457 e. The van der Waals surface area contributed by atoms with Gasteiger partial charge in [-0.1, -0.05) is 29.8 Å². The first-order chi connectivity index (χ1) is 12.8. The number of aliphatic hydroxyl groups excluding tert-OH is 1. The maximum Gasteiger partial charge on any atom is 0.340 e. The smallest absolute Gasteiger partial charge is 0.340 e. The monoisotopic (exact) mass is 392 g/mol. The number of hydrogen-bond donors (Lipinski definition) is 2. The topological polar surface area (TPSA) is 95.9 Å². The summed E-state index contributed by atoms with van der Waals surface area (Å²) in [6.45, 7) is 2.13. The highest BCUT2D eigenvalue weighted by atomic mass is 32.2. The van der Waals surface area contributed by atoms with Gasteiger partial charge in [-0.2, -0.15) is 0 Å². The van der Waals surface area contributed by atoms with Gasteiger partial charge in [0.05, 0.1) is 17.1 Å². The summed E-state index contributed by atoms with van der Waals surface area (Å²) < 4.78 is 31.1. The molecule has 0 heterocycles. The molecule has 146 valence electrons. The summed E-state index contributed by atoms with van der Waals surface area (Å²) in [7, 11) is -0.855. The van der Waals surface area contributed by atoms with Crippen LogP contribution in [0.2, 0.25) is 0 Å². The van der Waals surface area contributed by atoms with E-state index in [0.29, 0.717) is 5.69 Å². The number of sulfonamides is 1. The van der Waals surface area contributed by atoms with Gasteiger partial charge in [-0.05, 0) is 30.7 Å². The predicted octanol–water partition coefficient (Wildman–Crippen LogP) is 2.01. The van der Waals surface area contributed by atoms with Crippen LogP contribution in [-0.4, -0.2) is 51.0 Å². The minimum absolute atomic E-state index is 0.00988. The number of anilines is 1. The summed E-state index contributed by atoms with van der Waals surface area (Å²) in [5, 5.41) is 11.9. The van der Waals surface area contributed by atoms with Crippen LogP contribution >= 0.6 is 0 Å². The van der Waals surface area contributed by atoms with Crippen molar-refractivity contribution in [1.29, 1.82) is 0 Å². The average molecular weight is 392 g/mol. The summed E-state index contributed by atoms with van der Waals surface area (Å²) in [5.41, 5.74) is 2.42. The van der Waals surface area contributed by atoms with Crippen molar-refractivity contribution in [3.05, 3.63) is 59.2 Å². The Morgan fingerprint density at radius 1 is 1.15 bits per heavy atom. The molecule has 27 heavy (non-hydrogen) atoms. The van der Waals surface area contributed by atoms with Gasteiger partial charge in [0, 0.05) is 26.3 Å². The molecule has 2 N–H and O–H groups in total. The number of ether oxygens (including phenoxy) is 1. The van der Waals surface area contributed by atoms with E-state index in [4.69, 9.17) is 9.84 Å². The molecule has 0 bridgehead atoms. The quantitative estimate of drug-likeness (QED) is 0.667. The minimum atomic E-state index is -3.69. The fourth-order valence-corrected chi connectivity index (χ4v) is 3.25. The number of rotatable bonds is 8. The fraction of sp³-hybridized carbons (Fsp3) is 0.316. The van der Waals surface area contributed by atoms with E-state index in [1.165, 1.54) is 32.3 Å². The average Bonchev–Trinajstić information content (AvgIpc) is 2.65. The summed E-state index contributed by atoms with van der Waals surface area (Å²) in [5.74, 6) is -0.646. The Bertz CT molecular complexity index is 893. The van der Waals surface area contributed by atoms with Gasteiger partial charge >= 0.3 is 5.97 Å². The van der Waals surface area contributed by atoms with Crippen molar-refractivity contribution in [3.63, 3.8) is 0 Å². The Morgan fingerprint density at radius 3 is 2.41 bits per heavy atom. The van der Waals surface area contributed by atoms with E-state index in [1.54, 1.807) is 0 Å². The van der Waals surface area contributed by atoms with Gasteiger partial charge in [0.15, 0.2) is 0 Å². The minimum Gasteiger partial charge on any atom is -0.457 e. The molecule has 2 rings (SSSR count). The van der Waals surface area contributed by atoms with Crippen LogP contribution in [0.1, 0.15) is 21.5 Å². The fourth-order valence-electron chi connectivity index (χ4n) is 2.32. The Hall–Kier alpha value is -2.42. The van der Waals surface area contributed by atoms with Crippen LogP contribution in [0, 0.1) is 6.92 Å². The molecule has 0 aliphatic heterocycles. The number of carbonyl (C=O) groups excluding carboxylic acids is 1. The number of nitrogens with zero attached hydrogens (tertiary/aromatic N) is 1. The third-order valence-electron chi connectivity index (χ3n) is 3.91. The number of aryl methyl sites for hydroxylation is 1. The molecule has 0 radical (unpaired) electrons. The number of nitrogens with one attached hydrogen (secondary N) is 1. The Morgan fingerprint density at radius 2 is 1.81 bits per heavy atom. The van der Waals surface area contributed by atoms with Gasteiger partial charge in [-0.25, -0.2) is 17.5 Å². The molecule has 0 aromatic heterocycles. The number of carbonyl (C=O) groups is 1. The second-order valence-corrected chi connectivity index (χ2v) is 8.36. The number of aliphatic hydroxyl groups is 1. The van der Waals surface area contributed by atoms with Gasteiger partial charge < -0.3 is 15.2 Å². The van der Waals surface area contributed by atoms with Crippen LogP contribution in [0.25, 0.3) is 0 Å². The maximum atomic E-state index is 12.6. The zero-order valence-electron chi connectivity index (χ0n) is 15.6. The van der Waals surface area contributed by atoms with Crippen molar-refractivity contribution in [2.75, 3.05) is 32.6 Å². The number of hydrogen-bond acceptors (Lipinski definition) is 6. The van der Waals surface area contributed by atoms with E-state index in [2.05, 4.69) is 5.32 Å². The molecule has 0 spiro atoms. The van der Waals surface area contributed by atoms with Crippen LogP contribution in [0.3, 0.4) is 0 Å². The Labute approximate surface area is 159 Å². The molecule has 8 heteroatoms. The molecule has 0 saturated heterocycles. The molecule has 0 aliphatic rings. The van der Waals surface area contributed by atoms with Gasteiger partial charge in [0.25, 0.3) is 0 Å². The van der Waals surface area contributed by atoms with Crippen molar-refractivity contribution in [2.24, 2.45) is 0 Å². The lowest BCUT2D eigenvalue weighted by atomic mass is 10.1. The molecular weight excluding hydrogens is 368 g/mol. The predicted molar refractivity (Wildman–Crippen MR) is 103 cm³/mol. The first-order valence-corrected chi connectivity index (χ1v) is 9.83. The van der Waals surface area contributed by atoms with E-state index in [9.17, 15) is 13.2 Å². The molecule has 7 nitrogen and oxygen atoms in total. The lowest BCUT2D eigenvalue weighted by Gasteiger charge is -2.15. The highest BCUT2D eigenvalue weighted by Gasteiger charge is 2.22. The molecule has 0 fully saturated rings. The zero-order chi connectivity index (χ0) is 20.0. The highest BCUT2D eigenvalue weighted by molar-refractivity contribution is 7.89. The van der Waals surface area contributed by atoms with Crippen LogP contribution in [0.5, 0.6) is 0 Å². The van der Waals surface area contributed by atoms with Crippen LogP contribution in [-0.2, 0) is 21.4 Å². The lowest BCUT2D eigenvalue weighted by Crippen LogP contribution is -2.23. The molecule has 0 aliphatic carbocycles. The van der Waals surface area contributed by atoms with Crippen molar-refractivity contribution < 1.29 is 23.1 Å². The number of esters is 1. The first kappa shape index (κ1) is 20.9. The molecule has 2 aromatic rings. The van der Waals surface area contributed by atoms with Crippen LogP contribution in [0.4, 0.5) is 5.69 Å². The Kier molecular flexibility index (Phi) is 6.95. The van der Waals surface area contributed by atoms with Gasteiger partial charge in [0.2, 0.25) is 10.0 Å². The summed E-state index contributed by atoms with van der Waals surface area (Å²) in [4.78, 5) is 12.6. The first-order valence-electron chi connectivity index (χ1n) is 8.39. The summed E-state index contributed by atoms with van der Waals surface area (Å²) in [6, 6.07) is 11.7. The standard InChI is InChI=1S/C19H24N2O5S/c1-14-4-6-15(7-5-14)13-26-19(23)17-12-16(27(24,25)21(2)3)8-9-18(17)20-10-11-22/h4-9,12,20,22H,10-11,13H2,1-3H3. The molecular formula is C19H24N2O5S. The molecule has 0 saturated carbocycles. The van der Waals surface area contributed by atoms with Crippen molar-refractivity contribution >= 4 is 21.7 Å². The van der Waals surface area contributed by atoms with Gasteiger partial charge in [-0.15, -0.1) is 0 Å². The second-order valence-electron chi connectivity index (χ2n) is 6.21. The third-order valence-corrected chi connectivity index (χ3v) is 5.72. The highest BCUT2D eigenvalue weighted by Crippen LogP contribution is 2.23. The summed E-state index contributed by atoms with van der Waals surface area (Å²) in [6.07, 6.45) is 0. The van der Waals surface area contributed by atoms with Crippen molar-refractivity contribution in [2.45, 2.75) is 18.4 Å². The van der Waals surface area contributed by atoms with Crippen molar-refractivity contribution in [3.8, 4) is 0 Å². The van der Waals surface area contributed by atoms with Crippen LogP contribution < -0.4 is 5.32 Å². The zero-order valence-corrected chi connectivity index (χ0v) is 16.4. The molecule has 2 aromatic carbocycles. The Balaban J connectivity index is 2.29. The molecule has 0 amide bonds. The normalized spacial score (nSPS) is 11.4. The van der Waals surface area contributed by atoms with E-state index in [-0.39, 0.29) is 30.2 Å². The second kappa shape index (κ2) is 8.98. The third kappa shape index (κ3) is 5.29. The number of benzene rings is 2. The van der Waals surface area contributed by atoms with E-state index in [0.717, 1.165) is 15.4 Å². The maximum absolute atomic E-state index is 12.6. The van der Waals surface area contributed by atoms with Gasteiger partial charge in [0.1, 0.15) is 6.61 Å². The summed E-state index contributed by atoms with van der Waals surface area (Å²) >= 11 is 0. The molecule has 0 atom stereocenters. The van der Waals surface area contributed by atoms with E-state index in [1.807, 2.05) is 31.2 Å². The lowest BCUT2D eigenvalue weighted by molar-refractivity contribution is 0.0473. The van der Waals surface area contributed by atoms with Crippen molar-refractivity contribution in [1.82, 2.24) is 4.31 Å². The van der Waals surface area contributed by atoms with Crippen LogP contribution in [0.15, 0.2) is 47.4 Å². The SMILES string of the molecule is Cc1ccc(COC(=O)c2cc(S(=O)(=O)N(C)C)ccc2NCCO)cc1.